The van der Waals surface area contributed by atoms with Gasteiger partial charge in [0.05, 0.1) is 13.2 Å². The summed E-state index contributed by atoms with van der Waals surface area (Å²) < 4.78 is 10.7. The van der Waals surface area contributed by atoms with Gasteiger partial charge in [0, 0.05) is 12.8 Å². The van der Waals surface area contributed by atoms with Gasteiger partial charge in [-0.15, -0.1) is 0 Å². The van der Waals surface area contributed by atoms with Gasteiger partial charge in [0.15, 0.2) is 0 Å². The van der Waals surface area contributed by atoms with E-state index >= 15 is 0 Å². The Morgan fingerprint density at radius 1 is 0.704 bits per heavy atom. The molecule has 0 rings (SSSR count). The van der Waals surface area contributed by atoms with Crippen molar-refractivity contribution in [2.75, 3.05) is 13.2 Å². The van der Waals surface area contributed by atoms with Gasteiger partial charge in [0.2, 0.25) is 0 Å². The molecule has 0 aromatic rings. The van der Waals surface area contributed by atoms with Crippen molar-refractivity contribution in [2.24, 2.45) is 11.8 Å². The smallest absolute Gasteiger partial charge is 0.305 e. The molecule has 0 aromatic heterocycles. The summed E-state index contributed by atoms with van der Waals surface area (Å²) in [4.78, 5) is 23.4. The molecular weight excluding hydrogens is 340 g/mol. The lowest BCUT2D eigenvalue weighted by Crippen LogP contribution is -2.13. The first-order valence-electron chi connectivity index (χ1n) is 11.3. The van der Waals surface area contributed by atoms with Gasteiger partial charge in [-0.05, 0) is 31.1 Å². The second kappa shape index (κ2) is 18.3. The van der Waals surface area contributed by atoms with E-state index in [0.717, 1.165) is 57.8 Å². The van der Waals surface area contributed by atoms with Crippen molar-refractivity contribution in [1.82, 2.24) is 0 Å². The Morgan fingerprint density at radius 2 is 1.22 bits per heavy atom. The highest BCUT2D eigenvalue weighted by Gasteiger charge is 2.10. The van der Waals surface area contributed by atoms with Crippen molar-refractivity contribution < 1.29 is 19.1 Å². The molecule has 0 N–H and O–H groups in total. The number of hydrogen-bond acceptors (Lipinski definition) is 4. The molecule has 27 heavy (non-hydrogen) atoms. The molecule has 0 aliphatic carbocycles. The Bertz CT molecular complexity index is 367. The molecule has 4 heteroatoms. The van der Waals surface area contributed by atoms with Crippen LogP contribution in [0.15, 0.2) is 0 Å². The quantitative estimate of drug-likeness (QED) is 0.201. The summed E-state index contributed by atoms with van der Waals surface area (Å²) in [6.45, 7) is 9.69. The Labute approximate surface area is 167 Å². The minimum absolute atomic E-state index is 0.0472. The van der Waals surface area contributed by atoms with Gasteiger partial charge in [0.25, 0.3) is 0 Å². The average Bonchev–Trinajstić information content (AvgIpc) is 2.68. The van der Waals surface area contributed by atoms with Crippen LogP contribution < -0.4 is 0 Å². The average molecular weight is 385 g/mol. The molecule has 0 aromatic carbocycles. The van der Waals surface area contributed by atoms with E-state index in [1.54, 1.807) is 0 Å². The molecule has 0 radical (unpaired) electrons. The number of rotatable bonds is 18. The van der Waals surface area contributed by atoms with Crippen molar-refractivity contribution in [3.8, 4) is 0 Å². The Hall–Kier alpha value is -1.06. The highest BCUT2D eigenvalue weighted by molar-refractivity contribution is 5.69. The molecule has 0 saturated carbocycles. The minimum Gasteiger partial charge on any atom is -0.465 e. The van der Waals surface area contributed by atoms with Gasteiger partial charge in [-0.2, -0.15) is 0 Å². The number of hydrogen-bond donors (Lipinski definition) is 0. The summed E-state index contributed by atoms with van der Waals surface area (Å²) in [5.74, 6) is 0.854. The van der Waals surface area contributed by atoms with Gasteiger partial charge in [0.1, 0.15) is 0 Å². The lowest BCUT2D eigenvalue weighted by Gasteiger charge is -2.14. The number of ether oxygens (including phenoxy) is 2. The molecule has 0 aliphatic rings. The second-order valence-corrected chi connectivity index (χ2v) is 7.92. The van der Waals surface area contributed by atoms with Crippen LogP contribution in [0.1, 0.15) is 111 Å². The number of carbonyl (C=O) groups is 2. The van der Waals surface area contributed by atoms with E-state index in [1.165, 1.54) is 12.8 Å². The van der Waals surface area contributed by atoms with Crippen LogP contribution in [0.3, 0.4) is 0 Å². The molecule has 0 amide bonds. The summed E-state index contributed by atoms with van der Waals surface area (Å²) in [6, 6.07) is 0. The predicted molar refractivity (Wildman–Crippen MR) is 112 cm³/mol. The molecule has 4 nitrogen and oxygen atoms in total. The fraction of sp³-hybridized carbons (Fsp3) is 0.913. The van der Waals surface area contributed by atoms with Crippen LogP contribution in [0.2, 0.25) is 0 Å². The summed E-state index contributed by atoms with van der Waals surface area (Å²) >= 11 is 0. The molecule has 0 spiro atoms. The van der Waals surface area contributed by atoms with Crippen molar-refractivity contribution in [3.63, 3.8) is 0 Å². The Morgan fingerprint density at radius 3 is 1.70 bits per heavy atom. The van der Waals surface area contributed by atoms with Gasteiger partial charge >= 0.3 is 11.9 Å². The third kappa shape index (κ3) is 16.8. The van der Waals surface area contributed by atoms with Crippen LogP contribution >= 0.6 is 0 Å². The van der Waals surface area contributed by atoms with E-state index < -0.39 is 0 Å². The van der Waals surface area contributed by atoms with Crippen LogP contribution in [0, 0.1) is 11.8 Å². The molecule has 0 fully saturated rings. The second-order valence-electron chi connectivity index (χ2n) is 7.92. The number of carbonyl (C=O) groups excluding carboxylic acids is 2. The highest BCUT2D eigenvalue weighted by Crippen LogP contribution is 2.14. The first kappa shape index (κ1) is 25.9. The van der Waals surface area contributed by atoms with Gasteiger partial charge in [-0.3, -0.25) is 9.59 Å². The van der Waals surface area contributed by atoms with Crippen LogP contribution in [-0.2, 0) is 19.1 Å². The number of unbranched alkanes of at least 4 members (excludes halogenated alkanes) is 6. The fourth-order valence-corrected chi connectivity index (χ4v) is 2.85. The van der Waals surface area contributed by atoms with E-state index in [2.05, 4.69) is 27.7 Å². The summed E-state index contributed by atoms with van der Waals surface area (Å²) in [7, 11) is 0. The fourth-order valence-electron chi connectivity index (χ4n) is 2.85. The maximum Gasteiger partial charge on any atom is 0.305 e. The molecule has 2 atom stereocenters. The molecule has 0 aliphatic heterocycles. The van der Waals surface area contributed by atoms with Gasteiger partial charge < -0.3 is 9.47 Å². The Balaban J connectivity index is 3.47. The predicted octanol–water partition coefficient (Wildman–Crippen LogP) is 6.46. The van der Waals surface area contributed by atoms with Crippen LogP contribution in [0.5, 0.6) is 0 Å². The largest absolute Gasteiger partial charge is 0.465 e. The third-order valence-electron chi connectivity index (χ3n) is 5.26. The highest BCUT2D eigenvalue weighted by atomic mass is 16.5. The van der Waals surface area contributed by atoms with E-state index in [4.69, 9.17) is 9.47 Å². The standard InChI is InChI=1S/C23H44O4/c1-5-8-15-21(7-3)19-27-23(25)17-14-12-10-9-11-13-16-22(24)26-18-20(4)6-2/h20-21H,5-19H2,1-4H3. The third-order valence-corrected chi connectivity index (χ3v) is 5.26. The SMILES string of the molecule is CCCCC(CC)COC(=O)CCCCCCCCC(=O)OCC(C)CC. The molecule has 2 unspecified atom stereocenters. The van der Waals surface area contributed by atoms with E-state index in [0.29, 0.717) is 37.9 Å². The van der Waals surface area contributed by atoms with Crippen LogP contribution in [-0.4, -0.2) is 25.2 Å². The summed E-state index contributed by atoms with van der Waals surface area (Å²) in [5, 5.41) is 0. The Kier molecular flexibility index (Phi) is 17.6. The summed E-state index contributed by atoms with van der Waals surface area (Å²) in [5.41, 5.74) is 0. The molecule has 0 saturated heterocycles. The lowest BCUT2D eigenvalue weighted by molar-refractivity contribution is -0.146. The first-order chi connectivity index (χ1) is 13.0. The maximum atomic E-state index is 11.8. The van der Waals surface area contributed by atoms with Crippen molar-refractivity contribution in [1.29, 1.82) is 0 Å². The van der Waals surface area contributed by atoms with Crippen LogP contribution in [0.4, 0.5) is 0 Å². The zero-order valence-electron chi connectivity index (χ0n) is 18.4. The van der Waals surface area contributed by atoms with Crippen LogP contribution in [0.25, 0.3) is 0 Å². The maximum absolute atomic E-state index is 11.8. The van der Waals surface area contributed by atoms with E-state index in [9.17, 15) is 9.59 Å². The van der Waals surface area contributed by atoms with E-state index in [-0.39, 0.29) is 11.9 Å². The van der Waals surface area contributed by atoms with Crippen molar-refractivity contribution in [3.05, 3.63) is 0 Å². The van der Waals surface area contributed by atoms with Crippen molar-refractivity contribution >= 4 is 11.9 Å². The first-order valence-corrected chi connectivity index (χ1v) is 11.3. The van der Waals surface area contributed by atoms with Gasteiger partial charge in [-0.1, -0.05) is 79.1 Å². The molecular formula is C23H44O4. The molecule has 160 valence electrons. The zero-order valence-corrected chi connectivity index (χ0v) is 18.4. The normalized spacial score (nSPS) is 13.2. The van der Waals surface area contributed by atoms with Crippen molar-refractivity contribution in [2.45, 2.75) is 111 Å². The zero-order chi connectivity index (χ0) is 20.3. The van der Waals surface area contributed by atoms with Gasteiger partial charge in [-0.25, -0.2) is 0 Å². The summed E-state index contributed by atoms with van der Waals surface area (Å²) in [6.07, 6.45) is 12.9. The number of esters is 2. The monoisotopic (exact) mass is 384 g/mol. The van der Waals surface area contributed by atoms with E-state index in [1.807, 2.05) is 0 Å². The lowest BCUT2D eigenvalue weighted by atomic mass is 10.0. The molecule has 0 heterocycles. The molecule has 0 bridgehead atoms. The minimum atomic E-state index is -0.0673. The topological polar surface area (TPSA) is 52.6 Å².